The van der Waals surface area contributed by atoms with Gasteiger partial charge in [0, 0.05) is 12.8 Å². The molecule has 2 amide bonds. The van der Waals surface area contributed by atoms with Crippen LogP contribution >= 0.6 is 0 Å². The van der Waals surface area contributed by atoms with Crippen molar-refractivity contribution < 1.29 is 9.59 Å². The number of amides is 2. The van der Waals surface area contributed by atoms with Gasteiger partial charge in [-0.1, -0.05) is 51.9 Å². The highest BCUT2D eigenvalue weighted by atomic mass is 16.2. The van der Waals surface area contributed by atoms with E-state index in [-0.39, 0.29) is 18.0 Å². The van der Waals surface area contributed by atoms with Crippen LogP contribution in [0.5, 0.6) is 0 Å². The number of imide groups is 1. The van der Waals surface area contributed by atoms with Crippen molar-refractivity contribution in [2.24, 2.45) is 0 Å². The lowest BCUT2D eigenvalue weighted by Crippen LogP contribution is -2.51. The topological polar surface area (TPSA) is 40.6 Å². The molecular formula is C18H34N2O2. The first-order chi connectivity index (χ1) is 10.6. The minimum atomic E-state index is -0.104. The van der Waals surface area contributed by atoms with Crippen LogP contribution in [-0.2, 0) is 9.59 Å². The van der Waals surface area contributed by atoms with Crippen molar-refractivity contribution in [1.82, 2.24) is 9.80 Å². The lowest BCUT2D eigenvalue weighted by molar-refractivity contribution is -0.152. The zero-order valence-corrected chi connectivity index (χ0v) is 14.8. The molecule has 1 atom stereocenters. The van der Waals surface area contributed by atoms with Crippen molar-refractivity contribution in [3.63, 3.8) is 0 Å². The second-order valence-corrected chi connectivity index (χ2v) is 6.69. The maximum absolute atomic E-state index is 12.6. The molecule has 0 aliphatic carbocycles. The molecule has 1 unspecified atom stereocenters. The third kappa shape index (κ3) is 6.47. The van der Waals surface area contributed by atoms with Gasteiger partial charge in [-0.2, -0.15) is 0 Å². The Morgan fingerprint density at radius 3 is 1.50 bits per heavy atom. The van der Waals surface area contributed by atoms with Gasteiger partial charge >= 0.3 is 0 Å². The molecule has 22 heavy (non-hydrogen) atoms. The molecule has 0 saturated carbocycles. The number of rotatable bonds is 3. The van der Waals surface area contributed by atoms with Gasteiger partial charge in [0.15, 0.2) is 0 Å². The van der Waals surface area contributed by atoms with E-state index in [0.717, 1.165) is 32.1 Å². The number of hydrogen-bond acceptors (Lipinski definition) is 3. The van der Waals surface area contributed by atoms with Crippen LogP contribution < -0.4 is 0 Å². The predicted octanol–water partition coefficient (Wildman–Crippen LogP) is 3.94. The average Bonchev–Trinajstić information content (AvgIpc) is 2.48. The molecule has 1 heterocycles. The average molecular weight is 310 g/mol. The minimum Gasteiger partial charge on any atom is -0.289 e. The normalized spacial score (nSPS) is 21.7. The van der Waals surface area contributed by atoms with Gasteiger partial charge in [-0.25, -0.2) is 0 Å². The van der Waals surface area contributed by atoms with Crippen molar-refractivity contribution in [2.75, 3.05) is 14.1 Å². The number of carbonyl (C=O) groups is 2. The van der Waals surface area contributed by atoms with E-state index in [2.05, 4.69) is 0 Å². The smallest absolute Gasteiger partial charge is 0.230 e. The van der Waals surface area contributed by atoms with E-state index in [9.17, 15) is 9.59 Å². The Morgan fingerprint density at radius 1 is 0.818 bits per heavy atom. The third-order valence-electron chi connectivity index (χ3n) is 4.58. The molecule has 128 valence electrons. The van der Waals surface area contributed by atoms with Crippen LogP contribution in [0, 0.1) is 0 Å². The molecule has 0 radical (unpaired) electrons. The summed E-state index contributed by atoms with van der Waals surface area (Å²) in [5, 5.41) is 0. The molecule has 1 fully saturated rings. The second kappa shape index (κ2) is 10.8. The summed E-state index contributed by atoms with van der Waals surface area (Å²) in [7, 11) is 3.89. The van der Waals surface area contributed by atoms with Crippen LogP contribution in [0.15, 0.2) is 0 Å². The van der Waals surface area contributed by atoms with Gasteiger partial charge in [0.25, 0.3) is 0 Å². The molecule has 4 heteroatoms. The van der Waals surface area contributed by atoms with Crippen LogP contribution in [0.1, 0.15) is 84.0 Å². The van der Waals surface area contributed by atoms with Gasteiger partial charge in [-0.3, -0.25) is 19.4 Å². The van der Waals surface area contributed by atoms with Crippen molar-refractivity contribution in [1.29, 1.82) is 0 Å². The van der Waals surface area contributed by atoms with E-state index in [1.165, 1.54) is 32.1 Å². The van der Waals surface area contributed by atoms with Crippen molar-refractivity contribution in [3.8, 4) is 0 Å². The summed E-state index contributed by atoms with van der Waals surface area (Å²) in [6, 6.07) is 0. The van der Waals surface area contributed by atoms with Crippen molar-refractivity contribution in [3.05, 3.63) is 0 Å². The van der Waals surface area contributed by atoms with Crippen molar-refractivity contribution >= 4 is 11.8 Å². The second-order valence-electron chi connectivity index (χ2n) is 6.69. The number of carbonyl (C=O) groups excluding carboxylic acids is 2. The maximum atomic E-state index is 12.6. The standard InChI is InChI=1S/C18H34N2O2/c1-4-16(19(2)3)20-17(21)14-12-10-8-6-5-7-9-11-13-15-18(20)22/h16H,4-15H2,1-3H3. The highest BCUT2D eigenvalue weighted by molar-refractivity contribution is 5.95. The Hall–Kier alpha value is -0.900. The largest absolute Gasteiger partial charge is 0.289 e. The molecule has 0 N–H and O–H groups in total. The number of hydrogen-bond donors (Lipinski definition) is 0. The van der Waals surface area contributed by atoms with E-state index in [0.29, 0.717) is 12.8 Å². The highest BCUT2D eigenvalue weighted by Crippen LogP contribution is 2.17. The first-order valence-electron chi connectivity index (χ1n) is 9.09. The van der Waals surface area contributed by atoms with E-state index in [4.69, 9.17) is 0 Å². The molecule has 0 aromatic rings. The molecule has 1 aliphatic rings. The minimum absolute atomic E-state index is 0.0163. The van der Waals surface area contributed by atoms with Gasteiger partial charge in [0.05, 0.1) is 6.17 Å². The first kappa shape index (κ1) is 19.1. The molecule has 0 aromatic heterocycles. The van der Waals surface area contributed by atoms with E-state index >= 15 is 0 Å². The SMILES string of the molecule is CCC(N(C)C)N1C(=O)CCCCCCCCCCCC1=O. The Kier molecular flexibility index (Phi) is 9.37. The zero-order valence-electron chi connectivity index (χ0n) is 14.8. The molecule has 0 bridgehead atoms. The molecule has 0 spiro atoms. The van der Waals surface area contributed by atoms with E-state index in [1.807, 2.05) is 25.9 Å². The highest BCUT2D eigenvalue weighted by Gasteiger charge is 2.29. The molecule has 1 aliphatic heterocycles. The lowest BCUT2D eigenvalue weighted by Gasteiger charge is -2.34. The van der Waals surface area contributed by atoms with Gasteiger partial charge in [-0.05, 0) is 33.4 Å². The van der Waals surface area contributed by atoms with Gasteiger partial charge < -0.3 is 0 Å². The summed E-state index contributed by atoms with van der Waals surface area (Å²) in [5.74, 6) is 0.0326. The van der Waals surface area contributed by atoms with Crippen molar-refractivity contribution in [2.45, 2.75) is 90.1 Å². The van der Waals surface area contributed by atoms with E-state index in [1.54, 1.807) is 4.90 Å². The van der Waals surface area contributed by atoms with Crippen LogP contribution in [0.25, 0.3) is 0 Å². The third-order valence-corrected chi connectivity index (χ3v) is 4.58. The predicted molar refractivity (Wildman–Crippen MR) is 90.4 cm³/mol. The zero-order chi connectivity index (χ0) is 16.4. The maximum Gasteiger partial charge on any atom is 0.230 e. The summed E-state index contributed by atoms with van der Waals surface area (Å²) in [6.45, 7) is 2.04. The quantitative estimate of drug-likeness (QED) is 0.741. The van der Waals surface area contributed by atoms with Crippen LogP contribution in [-0.4, -0.2) is 41.9 Å². The van der Waals surface area contributed by atoms with E-state index < -0.39 is 0 Å². The van der Waals surface area contributed by atoms with Crippen LogP contribution in [0.4, 0.5) is 0 Å². The molecule has 4 nitrogen and oxygen atoms in total. The van der Waals surface area contributed by atoms with Gasteiger partial charge in [0.1, 0.15) is 0 Å². The fourth-order valence-corrected chi connectivity index (χ4v) is 3.28. The number of nitrogens with zero attached hydrogens (tertiary/aromatic N) is 2. The van der Waals surface area contributed by atoms with Gasteiger partial charge in [0.2, 0.25) is 11.8 Å². The first-order valence-corrected chi connectivity index (χ1v) is 9.09. The summed E-state index contributed by atoms with van der Waals surface area (Å²) in [6.07, 6.45) is 12.0. The van der Waals surface area contributed by atoms with Crippen LogP contribution in [0.2, 0.25) is 0 Å². The molecular weight excluding hydrogens is 276 g/mol. The lowest BCUT2D eigenvalue weighted by atomic mass is 10.0. The summed E-state index contributed by atoms with van der Waals surface area (Å²) in [5.41, 5.74) is 0. The summed E-state index contributed by atoms with van der Waals surface area (Å²) in [4.78, 5) is 28.7. The van der Waals surface area contributed by atoms with Gasteiger partial charge in [-0.15, -0.1) is 0 Å². The Balaban J connectivity index is 2.75. The summed E-state index contributed by atoms with van der Waals surface area (Å²) < 4.78 is 0. The fourth-order valence-electron chi connectivity index (χ4n) is 3.28. The fraction of sp³-hybridized carbons (Fsp3) is 0.889. The Morgan fingerprint density at radius 2 is 1.18 bits per heavy atom. The Labute approximate surface area is 136 Å². The Bertz CT molecular complexity index is 318. The summed E-state index contributed by atoms with van der Waals surface area (Å²) >= 11 is 0. The van der Waals surface area contributed by atoms with Crippen LogP contribution in [0.3, 0.4) is 0 Å². The molecule has 1 rings (SSSR count). The molecule has 1 saturated heterocycles. The monoisotopic (exact) mass is 310 g/mol. The molecule has 0 aromatic carbocycles.